The standard InChI is InChI=1S/C48H84NO10P/c1-6-8-10-11-12-13-14-15-16-17-18-19-20-21-25-28-32-38-47(52)56-42-46(43-58-60(54,55)57-41-40-49(3,4)5)59-48(53)39-33-37-45(51)36-31-27-24-22-23-26-30-35-44(50)34-29-9-7-2/h12-13,15-16,23-24,26-27,30-31,35-36,44-46,50-51H,6-11,14,17-22,25,28-29,32-34,37-43H2,1-5H3/b13-12-,16-15-,26-23-,27-24-,35-30+,36-31+/t44-,45-,46-/m1/s1. The SMILES string of the molecule is CCCCC/C=C\C/C=C\CCCCCCCCCC(=O)OC[C@H](COP(=O)([O-])OCC[N+](C)(C)C)OC(=O)CCC[C@H](O)/C=C/C=C\C/C=C\C=C\[C@H](O)CCCCC. The maximum Gasteiger partial charge on any atom is 0.306 e. The molecule has 0 rings (SSSR count). The summed E-state index contributed by atoms with van der Waals surface area (Å²) in [5, 5.41) is 20.2. The largest absolute Gasteiger partial charge is 0.756 e. The summed E-state index contributed by atoms with van der Waals surface area (Å²) in [6, 6.07) is 0. The van der Waals surface area contributed by atoms with E-state index in [0.717, 1.165) is 57.8 Å². The van der Waals surface area contributed by atoms with Crippen LogP contribution < -0.4 is 4.89 Å². The molecule has 0 radical (unpaired) electrons. The van der Waals surface area contributed by atoms with Crippen LogP contribution in [-0.2, 0) is 32.7 Å². The molecule has 11 nitrogen and oxygen atoms in total. The molecule has 0 saturated carbocycles. The van der Waals surface area contributed by atoms with E-state index >= 15 is 0 Å². The first-order valence-electron chi connectivity index (χ1n) is 22.9. The predicted molar refractivity (Wildman–Crippen MR) is 243 cm³/mol. The Bertz CT molecular complexity index is 1290. The van der Waals surface area contributed by atoms with Gasteiger partial charge in [0.25, 0.3) is 7.82 Å². The van der Waals surface area contributed by atoms with Crippen molar-refractivity contribution in [3.05, 3.63) is 72.9 Å². The second kappa shape index (κ2) is 39.2. The van der Waals surface area contributed by atoms with Gasteiger partial charge in [0.1, 0.15) is 19.8 Å². The molecule has 60 heavy (non-hydrogen) atoms. The Kier molecular flexibility index (Phi) is 37.5. The summed E-state index contributed by atoms with van der Waals surface area (Å²) in [4.78, 5) is 37.6. The molecule has 0 aliphatic carbocycles. The van der Waals surface area contributed by atoms with Gasteiger partial charge in [0.05, 0.1) is 40.0 Å². The van der Waals surface area contributed by atoms with E-state index in [9.17, 15) is 29.3 Å². The van der Waals surface area contributed by atoms with Crippen molar-refractivity contribution in [1.82, 2.24) is 0 Å². The Labute approximate surface area is 364 Å². The van der Waals surface area contributed by atoms with Gasteiger partial charge in [0.2, 0.25) is 0 Å². The first kappa shape index (κ1) is 57.4. The molecule has 0 fully saturated rings. The number of hydrogen-bond acceptors (Lipinski definition) is 10. The lowest BCUT2D eigenvalue weighted by molar-refractivity contribution is -0.870. The minimum atomic E-state index is -4.70. The molecule has 0 aromatic rings. The number of aliphatic hydroxyl groups excluding tert-OH is 2. The number of carbonyl (C=O) groups excluding carboxylic acids is 2. The average molecular weight is 866 g/mol. The van der Waals surface area contributed by atoms with E-state index in [2.05, 4.69) is 38.2 Å². The summed E-state index contributed by atoms with van der Waals surface area (Å²) in [5.74, 6) is -1.08. The number of hydrogen-bond donors (Lipinski definition) is 2. The van der Waals surface area contributed by atoms with Crippen molar-refractivity contribution in [1.29, 1.82) is 0 Å². The van der Waals surface area contributed by atoms with Crippen LogP contribution in [0.1, 0.15) is 155 Å². The van der Waals surface area contributed by atoms with Crippen molar-refractivity contribution in [3.8, 4) is 0 Å². The molecule has 0 saturated heterocycles. The van der Waals surface area contributed by atoms with Crippen LogP contribution in [0, 0.1) is 0 Å². The number of esters is 2. The van der Waals surface area contributed by atoms with Crippen molar-refractivity contribution >= 4 is 19.8 Å². The number of rotatable bonds is 40. The molecule has 0 heterocycles. The summed E-state index contributed by atoms with van der Waals surface area (Å²) < 4.78 is 33.7. The molecule has 0 amide bonds. The highest BCUT2D eigenvalue weighted by atomic mass is 31.2. The summed E-state index contributed by atoms with van der Waals surface area (Å²) in [6.45, 7) is 3.81. The molecule has 346 valence electrons. The lowest BCUT2D eigenvalue weighted by Gasteiger charge is -2.28. The molecular formula is C48H84NO10P. The fraction of sp³-hybridized carbons (Fsp3) is 0.708. The number of allylic oxidation sites excluding steroid dienone is 10. The first-order valence-corrected chi connectivity index (χ1v) is 24.3. The monoisotopic (exact) mass is 866 g/mol. The van der Waals surface area contributed by atoms with E-state index in [0.29, 0.717) is 36.7 Å². The lowest BCUT2D eigenvalue weighted by atomic mass is 10.1. The van der Waals surface area contributed by atoms with Crippen LogP contribution in [0.5, 0.6) is 0 Å². The molecule has 4 atom stereocenters. The molecule has 0 aromatic carbocycles. The number of unbranched alkanes of at least 4 members (excludes halogenated alkanes) is 12. The molecule has 0 aromatic heterocycles. The van der Waals surface area contributed by atoms with Gasteiger partial charge in [-0.2, -0.15) is 0 Å². The van der Waals surface area contributed by atoms with E-state index in [-0.39, 0.29) is 26.1 Å². The highest BCUT2D eigenvalue weighted by molar-refractivity contribution is 7.45. The molecule has 0 bridgehead atoms. The van der Waals surface area contributed by atoms with Gasteiger partial charge in [-0.15, -0.1) is 0 Å². The number of nitrogens with zero attached hydrogens (tertiary/aromatic N) is 1. The topological polar surface area (TPSA) is 152 Å². The highest BCUT2D eigenvalue weighted by Gasteiger charge is 2.22. The predicted octanol–water partition coefficient (Wildman–Crippen LogP) is 10.3. The molecule has 0 aliphatic rings. The van der Waals surface area contributed by atoms with Crippen LogP contribution in [0.3, 0.4) is 0 Å². The van der Waals surface area contributed by atoms with E-state index < -0.39 is 44.7 Å². The number of carbonyl (C=O) groups is 2. The van der Waals surface area contributed by atoms with E-state index in [1.165, 1.54) is 44.9 Å². The molecule has 0 aliphatic heterocycles. The number of quaternary nitrogens is 1. The minimum Gasteiger partial charge on any atom is -0.756 e. The Morgan fingerprint density at radius 1 is 0.617 bits per heavy atom. The van der Waals surface area contributed by atoms with Gasteiger partial charge in [-0.3, -0.25) is 14.2 Å². The summed E-state index contributed by atoms with van der Waals surface area (Å²) >= 11 is 0. The number of phosphoric ester groups is 1. The Hall–Kier alpha value is -2.63. The lowest BCUT2D eigenvalue weighted by Crippen LogP contribution is -2.37. The molecule has 1 unspecified atom stereocenters. The summed E-state index contributed by atoms with van der Waals surface area (Å²) in [7, 11) is 1.00. The third-order valence-electron chi connectivity index (χ3n) is 9.41. The van der Waals surface area contributed by atoms with Crippen molar-refractivity contribution in [2.24, 2.45) is 0 Å². The number of phosphoric acid groups is 1. The van der Waals surface area contributed by atoms with Crippen LogP contribution in [0.2, 0.25) is 0 Å². The molecule has 2 N–H and O–H groups in total. The Morgan fingerprint density at radius 3 is 1.73 bits per heavy atom. The Morgan fingerprint density at radius 2 is 1.13 bits per heavy atom. The second-order valence-electron chi connectivity index (χ2n) is 16.5. The first-order chi connectivity index (χ1) is 28.8. The molecule has 12 heteroatoms. The van der Waals surface area contributed by atoms with Gasteiger partial charge in [0, 0.05) is 12.8 Å². The third kappa shape index (κ3) is 42.1. The van der Waals surface area contributed by atoms with Crippen molar-refractivity contribution in [2.75, 3.05) is 47.5 Å². The van der Waals surface area contributed by atoms with E-state index in [1.807, 2.05) is 51.5 Å². The van der Waals surface area contributed by atoms with Gasteiger partial charge in [-0.05, 0) is 64.2 Å². The zero-order valence-electron chi connectivity index (χ0n) is 38.1. The maximum absolute atomic E-state index is 12.7. The fourth-order valence-corrected chi connectivity index (χ4v) is 6.45. The van der Waals surface area contributed by atoms with Gasteiger partial charge >= 0.3 is 11.9 Å². The van der Waals surface area contributed by atoms with Crippen molar-refractivity contribution in [2.45, 2.75) is 173 Å². The molecular weight excluding hydrogens is 781 g/mol. The van der Waals surface area contributed by atoms with Gasteiger partial charge in [0.15, 0.2) is 6.10 Å². The van der Waals surface area contributed by atoms with E-state index in [1.54, 1.807) is 18.2 Å². The Balaban J connectivity index is 4.60. The van der Waals surface area contributed by atoms with Crippen LogP contribution >= 0.6 is 7.82 Å². The number of likely N-dealkylation sites (N-methyl/N-ethyl adjacent to an activating group) is 1. The van der Waals surface area contributed by atoms with Crippen LogP contribution in [0.4, 0.5) is 0 Å². The maximum atomic E-state index is 12.7. The van der Waals surface area contributed by atoms with Gasteiger partial charge in [-0.25, -0.2) is 0 Å². The minimum absolute atomic E-state index is 0.0284. The third-order valence-corrected chi connectivity index (χ3v) is 10.4. The molecule has 0 spiro atoms. The summed E-state index contributed by atoms with van der Waals surface area (Å²) in [6.07, 6.45) is 41.4. The smallest absolute Gasteiger partial charge is 0.306 e. The van der Waals surface area contributed by atoms with E-state index in [4.69, 9.17) is 18.5 Å². The van der Waals surface area contributed by atoms with Crippen LogP contribution in [0.15, 0.2) is 72.9 Å². The summed E-state index contributed by atoms with van der Waals surface area (Å²) in [5.41, 5.74) is 0. The second-order valence-corrected chi connectivity index (χ2v) is 17.9. The highest BCUT2D eigenvalue weighted by Crippen LogP contribution is 2.38. The zero-order valence-corrected chi connectivity index (χ0v) is 39.0. The van der Waals surface area contributed by atoms with Crippen molar-refractivity contribution in [3.63, 3.8) is 0 Å². The average Bonchev–Trinajstić information content (AvgIpc) is 3.19. The van der Waals surface area contributed by atoms with Gasteiger partial charge < -0.3 is 38.1 Å². The van der Waals surface area contributed by atoms with Gasteiger partial charge in [-0.1, -0.05) is 151 Å². The number of aliphatic hydroxyl groups is 2. The normalized spacial score (nSPS) is 15.3. The fourth-order valence-electron chi connectivity index (χ4n) is 5.72. The number of ether oxygens (including phenoxy) is 2. The van der Waals surface area contributed by atoms with Crippen LogP contribution in [-0.4, -0.2) is 92.5 Å². The van der Waals surface area contributed by atoms with Crippen LogP contribution in [0.25, 0.3) is 0 Å². The zero-order chi connectivity index (χ0) is 44.6. The quantitative estimate of drug-likeness (QED) is 0.0152. The van der Waals surface area contributed by atoms with Crippen molar-refractivity contribution < 1.29 is 52.3 Å².